The monoisotopic (exact) mass is 344 g/mol. The van der Waals surface area contributed by atoms with Crippen molar-refractivity contribution in [3.05, 3.63) is 24.4 Å². The van der Waals surface area contributed by atoms with Gasteiger partial charge in [-0.05, 0) is 31.0 Å². The minimum Gasteiger partial charge on any atom is -0.366 e. The van der Waals surface area contributed by atoms with E-state index in [-0.39, 0.29) is 12.5 Å². The normalized spacial score (nSPS) is 22.5. The van der Waals surface area contributed by atoms with Crippen LogP contribution in [-0.4, -0.2) is 48.8 Å². The van der Waals surface area contributed by atoms with Crippen molar-refractivity contribution < 1.29 is 9.10 Å². The van der Waals surface area contributed by atoms with Crippen molar-refractivity contribution in [2.45, 2.75) is 32.0 Å². The maximum atomic E-state index is 6.33. The van der Waals surface area contributed by atoms with E-state index in [0.29, 0.717) is 0 Å². The summed E-state index contributed by atoms with van der Waals surface area (Å²) in [5, 5.41) is -0.250. The van der Waals surface area contributed by atoms with Crippen LogP contribution in [0.2, 0.25) is 0 Å². The first-order chi connectivity index (χ1) is 11.4. The highest BCUT2D eigenvalue weighted by Gasteiger charge is 2.59. The van der Waals surface area contributed by atoms with Gasteiger partial charge < -0.3 is 9.55 Å². The van der Waals surface area contributed by atoms with E-state index in [1.807, 2.05) is 12.3 Å². The van der Waals surface area contributed by atoms with Gasteiger partial charge in [-0.2, -0.15) is 0 Å². The fourth-order valence-electron chi connectivity index (χ4n) is 3.24. The SMILES string of the molecule is CC1(C)OB(c2ccnc3ccc(N4CCCC4)nc23)O[P+]1(C)C. The first-order valence-corrected chi connectivity index (χ1v) is 11.2. The molecule has 126 valence electrons. The quantitative estimate of drug-likeness (QED) is 0.619. The van der Waals surface area contributed by atoms with Crippen LogP contribution < -0.4 is 10.4 Å². The fraction of sp³-hybridized carbons (Fsp3) is 0.529. The summed E-state index contributed by atoms with van der Waals surface area (Å²) in [6.07, 6.45) is 4.29. The Balaban J connectivity index is 1.77. The summed E-state index contributed by atoms with van der Waals surface area (Å²) in [5.41, 5.74) is 2.77. The molecule has 0 unspecified atom stereocenters. The molecule has 0 atom stereocenters. The molecule has 2 saturated heterocycles. The van der Waals surface area contributed by atoms with Gasteiger partial charge in [-0.15, -0.1) is 0 Å². The number of anilines is 1. The Morgan fingerprint density at radius 2 is 1.92 bits per heavy atom. The first-order valence-electron chi connectivity index (χ1n) is 8.58. The molecule has 0 aromatic carbocycles. The largest absolute Gasteiger partial charge is 0.542 e. The molecule has 2 aromatic heterocycles. The van der Waals surface area contributed by atoms with Gasteiger partial charge in [0.2, 0.25) is 0 Å². The van der Waals surface area contributed by atoms with E-state index in [9.17, 15) is 0 Å². The van der Waals surface area contributed by atoms with Crippen molar-refractivity contribution in [3.63, 3.8) is 0 Å². The van der Waals surface area contributed by atoms with Gasteiger partial charge in [0.15, 0.2) is 12.8 Å². The van der Waals surface area contributed by atoms with E-state index < -0.39 is 7.49 Å². The average molecular weight is 344 g/mol. The molecule has 0 spiro atoms. The molecule has 5 nitrogen and oxygen atoms in total. The minimum atomic E-state index is -1.61. The average Bonchev–Trinajstić information content (AvgIpc) is 3.13. The highest BCUT2D eigenvalue weighted by Crippen LogP contribution is 2.68. The maximum absolute atomic E-state index is 6.33. The molecule has 0 amide bonds. The zero-order valence-corrected chi connectivity index (χ0v) is 15.7. The molecule has 2 aliphatic rings. The predicted molar refractivity (Wildman–Crippen MR) is 101 cm³/mol. The number of pyridine rings is 2. The van der Waals surface area contributed by atoms with Crippen molar-refractivity contribution in [1.82, 2.24) is 9.97 Å². The van der Waals surface area contributed by atoms with Crippen molar-refractivity contribution in [3.8, 4) is 0 Å². The van der Waals surface area contributed by atoms with E-state index in [1.165, 1.54) is 12.8 Å². The zero-order chi connectivity index (χ0) is 16.9. The summed E-state index contributed by atoms with van der Waals surface area (Å²) in [5.74, 6) is 1.03. The molecule has 0 N–H and O–H groups in total. The summed E-state index contributed by atoms with van der Waals surface area (Å²) in [7, 11) is -1.97. The van der Waals surface area contributed by atoms with Gasteiger partial charge in [-0.25, -0.2) is 4.98 Å². The maximum Gasteiger partial charge on any atom is 0.542 e. The minimum absolute atomic E-state index is 0.250. The van der Waals surface area contributed by atoms with Gasteiger partial charge in [-0.3, -0.25) is 9.43 Å². The second-order valence-electron chi connectivity index (χ2n) is 7.48. The van der Waals surface area contributed by atoms with Crippen LogP contribution in [0.3, 0.4) is 0 Å². The number of hydrogen-bond acceptors (Lipinski definition) is 5. The number of nitrogens with zero attached hydrogens (tertiary/aromatic N) is 3. The summed E-state index contributed by atoms with van der Waals surface area (Å²) in [6, 6.07) is 6.11. The lowest BCUT2D eigenvalue weighted by Gasteiger charge is -2.23. The molecule has 0 saturated carbocycles. The Labute approximate surface area is 144 Å². The summed E-state index contributed by atoms with van der Waals surface area (Å²) >= 11 is 0. The Kier molecular flexibility index (Phi) is 3.83. The Morgan fingerprint density at radius 3 is 2.58 bits per heavy atom. The third-order valence-corrected chi connectivity index (χ3v) is 8.75. The van der Waals surface area contributed by atoms with Crippen LogP contribution in [0.15, 0.2) is 24.4 Å². The molecule has 2 fully saturated rings. The highest BCUT2D eigenvalue weighted by atomic mass is 31.2. The molecule has 24 heavy (non-hydrogen) atoms. The molecule has 4 rings (SSSR count). The highest BCUT2D eigenvalue weighted by molar-refractivity contribution is 7.72. The summed E-state index contributed by atoms with van der Waals surface area (Å²) in [6.45, 7) is 10.8. The van der Waals surface area contributed by atoms with Gasteiger partial charge in [0, 0.05) is 38.6 Å². The first kappa shape index (κ1) is 16.3. The summed E-state index contributed by atoms with van der Waals surface area (Å²) in [4.78, 5) is 11.7. The van der Waals surface area contributed by atoms with E-state index in [1.54, 1.807) is 0 Å². The molecular formula is C17H24BN3O2P+. The van der Waals surface area contributed by atoms with E-state index in [4.69, 9.17) is 14.1 Å². The number of aromatic nitrogens is 2. The molecular weight excluding hydrogens is 320 g/mol. The van der Waals surface area contributed by atoms with Crippen molar-refractivity contribution >= 4 is 36.9 Å². The Bertz CT molecular complexity index is 762. The fourth-order valence-corrected chi connectivity index (χ4v) is 4.48. The van der Waals surface area contributed by atoms with E-state index >= 15 is 0 Å². The standard InChI is InChI=1S/C17H24BN3O2P/c1-17(2)22-18(23-24(17,3)4)13-9-10-19-14-7-8-15(20-16(13)14)21-11-5-6-12-21/h7-10H,5-6,11-12H2,1-4H3/q+1. The van der Waals surface area contributed by atoms with Crippen LogP contribution in [0.4, 0.5) is 5.82 Å². The molecule has 4 heterocycles. The third-order valence-electron chi connectivity index (χ3n) is 5.34. The summed E-state index contributed by atoms with van der Waals surface area (Å²) < 4.78 is 12.6. The predicted octanol–water partition coefficient (Wildman–Crippen LogP) is 2.90. The van der Waals surface area contributed by atoms with Crippen LogP contribution >= 0.6 is 7.49 Å². The second kappa shape index (κ2) is 5.65. The number of rotatable bonds is 2. The van der Waals surface area contributed by atoms with Crippen molar-refractivity contribution in [2.75, 3.05) is 31.3 Å². The van der Waals surface area contributed by atoms with E-state index in [2.05, 4.69) is 49.2 Å². The Morgan fingerprint density at radius 1 is 1.17 bits per heavy atom. The molecule has 2 aromatic rings. The van der Waals surface area contributed by atoms with Gasteiger partial charge in [-0.1, -0.05) is 0 Å². The Hall–Kier alpha value is -1.23. The topological polar surface area (TPSA) is 47.5 Å². The van der Waals surface area contributed by atoms with Crippen LogP contribution in [-0.2, 0) is 9.10 Å². The molecule has 7 heteroatoms. The van der Waals surface area contributed by atoms with Gasteiger partial charge in [0.25, 0.3) is 0 Å². The third kappa shape index (κ3) is 2.61. The van der Waals surface area contributed by atoms with E-state index in [0.717, 1.165) is 35.4 Å². The van der Waals surface area contributed by atoms with Gasteiger partial charge >= 0.3 is 7.12 Å². The number of hydrogen-bond donors (Lipinski definition) is 0. The van der Waals surface area contributed by atoms with Crippen molar-refractivity contribution in [2.24, 2.45) is 0 Å². The second-order valence-corrected chi connectivity index (χ2v) is 11.5. The lowest BCUT2D eigenvalue weighted by molar-refractivity contribution is 0.209. The van der Waals surface area contributed by atoms with Gasteiger partial charge in [0.1, 0.15) is 5.82 Å². The van der Waals surface area contributed by atoms with Crippen LogP contribution in [0.5, 0.6) is 0 Å². The molecule has 0 aliphatic carbocycles. The van der Waals surface area contributed by atoms with Crippen LogP contribution in [0.25, 0.3) is 11.0 Å². The lowest BCUT2D eigenvalue weighted by atomic mass is 9.78. The van der Waals surface area contributed by atoms with Crippen molar-refractivity contribution in [1.29, 1.82) is 0 Å². The molecule has 0 radical (unpaired) electrons. The molecule has 0 bridgehead atoms. The smallest absolute Gasteiger partial charge is 0.366 e. The lowest BCUT2D eigenvalue weighted by Crippen LogP contribution is -2.35. The molecule has 2 aliphatic heterocycles. The van der Waals surface area contributed by atoms with Gasteiger partial charge in [0.05, 0.1) is 24.4 Å². The zero-order valence-electron chi connectivity index (χ0n) is 14.8. The van der Waals surface area contributed by atoms with Crippen LogP contribution in [0.1, 0.15) is 26.7 Å². The number of fused-ring (bicyclic) bond motifs is 1. The van der Waals surface area contributed by atoms with Crippen LogP contribution in [0, 0.1) is 0 Å².